The van der Waals surface area contributed by atoms with E-state index in [4.69, 9.17) is 23.8 Å². The fraction of sp³-hybridized carbons (Fsp3) is 0.333. The first-order valence-corrected chi connectivity index (χ1v) is 15.1. The zero-order valence-electron chi connectivity index (χ0n) is 23.5. The minimum Gasteiger partial charge on any atom is -0.497 e. The summed E-state index contributed by atoms with van der Waals surface area (Å²) in [6, 6.07) is 8.36. The van der Waals surface area contributed by atoms with Gasteiger partial charge in [-0.15, -0.1) is 0 Å². The first-order valence-electron chi connectivity index (χ1n) is 13.5. The molecule has 1 atom stereocenters. The molecule has 1 saturated heterocycles. The van der Waals surface area contributed by atoms with Crippen LogP contribution in [0.2, 0.25) is 0 Å². The summed E-state index contributed by atoms with van der Waals surface area (Å²) in [5.74, 6) is -1.16. The van der Waals surface area contributed by atoms with E-state index in [2.05, 4.69) is 35.7 Å². The fourth-order valence-electron chi connectivity index (χ4n) is 4.90. The molecule has 0 unspecified atom stereocenters. The van der Waals surface area contributed by atoms with Gasteiger partial charge in [0.15, 0.2) is 17.5 Å². The maximum absolute atomic E-state index is 13.9. The molecule has 0 aliphatic carbocycles. The van der Waals surface area contributed by atoms with Gasteiger partial charge in [-0.25, -0.2) is 23.3 Å². The first kappa shape index (κ1) is 31.2. The summed E-state index contributed by atoms with van der Waals surface area (Å²) in [5.41, 5.74) is 0.664. The number of carbonyl (C=O) groups is 1. The van der Waals surface area contributed by atoms with Crippen LogP contribution in [0.3, 0.4) is 0 Å². The van der Waals surface area contributed by atoms with E-state index in [1.165, 1.54) is 25.6 Å². The summed E-state index contributed by atoms with van der Waals surface area (Å²) in [6.45, 7) is 1.39. The highest BCUT2D eigenvalue weighted by atomic mass is 31.2. The van der Waals surface area contributed by atoms with E-state index in [1.807, 2.05) is 0 Å². The number of carbonyl (C=O) groups excluding carboxylic acids is 1. The van der Waals surface area contributed by atoms with Crippen molar-refractivity contribution in [1.82, 2.24) is 25.1 Å². The van der Waals surface area contributed by atoms with Crippen LogP contribution in [0, 0.1) is 11.6 Å². The maximum Gasteiger partial charge on any atom is 0.469 e. The van der Waals surface area contributed by atoms with Crippen molar-refractivity contribution in [1.29, 1.82) is 0 Å². The number of hydrogen-bond donors (Lipinski definition) is 5. The molecule has 0 radical (unpaired) electrons. The van der Waals surface area contributed by atoms with Crippen LogP contribution in [0.15, 0.2) is 42.7 Å². The van der Waals surface area contributed by atoms with Gasteiger partial charge in [0, 0.05) is 36.5 Å². The van der Waals surface area contributed by atoms with Crippen molar-refractivity contribution in [3.63, 3.8) is 0 Å². The smallest absolute Gasteiger partial charge is 0.469 e. The number of aromatic nitrogens is 4. The summed E-state index contributed by atoms with van der Waals surface area (Å²) in [5, 5.41) is 12.9. The number of aromatic amines is 1. The van der Waals surface area contributed by atoms with Gasteiger partial charge < -0.3 is 29.9 Å². The van der Waals surface area contributed by atoms with Gasteiger partial charge in [0.2, 0.25) is 5.91 Å². The highest BCUT2D eigenvalue weighted by molar-refractivity contribution is 7.46. The Balaban J connectivity index is 1.27. The predicted octanol–water partition coefficient (Wildman–Crippen LogP) is 3.52. The summed E-state index contributed by atoms with van der Waals surface area (Å²) < 4.78 is 54.8. The number of fused-ring (bicyclic) bond motifs is 1. The third kappa shape index (κ3) is 7.84. The van der Waals surface area contributed by atoms with Gasteiger partial charge in [-0.05, 0) is 31.5 Å². The molecule has 5 N–H and O–H groups in total. The molecule has 1 aliphatic heterocycles. The second-order valence-electron chi connectivity index (χ2n) is 9.94. The third-order valence-electron chi connectivity index (χ3n) is 6.94. The van der Waals surface area contributed by atoms with Crippen molar-refractivity contribution < 1.29 is 41.9 Å². The van der Waals surface area contributed by atoms with Crippen LogP contribution in [0.25, 0.3) is 10.9 Å². The first-order chi connectivity index (χ1) is 21.1. The Morgan fingerprint density at radius 3 is 2.86 bits per heavy atom. The summed E-state index contributed by atoms with van der Waals surface area (Å²) in [7, 11) is -3.04. The molecule has 234 valence electrons. The Morgan fingerprint density at radius 2 is 2.07 bits per heavy atom. The molecule has 4 aromatic rings. The Labute approximate surface area is 250 Å². The van der Waals surface area contributed by atoms with Crippen molar-refractivity contribution in [3.05, 3.63) is 60.1 Å². The van der Waals surface area contributed by atoms with Crippen LogP contribution in [0.5, 0.6) is 11.5 Å². The van der Waals surface area contributed by atoms with Crippen molar-refractivity contribution >= 4 is 42.0 Å². The highest BCUT2D eigenvalue weighted by Gasteiger charge is 2.27. The van der Waals surface area contributed by atoms with Crippen LogP contribution in [0.4, 0.5) is 26.1 Å². The lowest BCUT2D eigenvalue weighted by Gasteiger charge is -2.24. The number of hydrogen-bond acceptors (Lipinski definition) is 10. The third-order valence-corrected chi connectivity index (χ3v) is 7.42. The van der Waals surface area contributed by atoms with E-state index >= 15 is 0 Å². The topological polar surface area (TPSA) is 184 Å². The second kappa shape index (κ2) is 13.6. The van der Waals surface area contributed by atoms with Crippen LogP contribution < -0.4 is 20.1 Å². The van der Waals surface area contributed by atoms with Crippen molar-refractivity contribution in [2.24, 2.45) is 0 Å². The molecule has 0 saturated carbocycles. The van der Waals surface area contributed by atoms with E-state index < -0.39 is 25.4 Å². The lowest BCUT2D eigenvalue weighted by atomic mass is 10.2. The number of likely N-dealkylation sites (tertiary alicyclic amines) is 1. The molecule has 2 aromatic carbocycles. The van der Waals surface area contributed by atoms with E-state index in [-0.39, 0.29) is 31.4 Å². The van der Waals surface area contributed by atoms with Gasteiger partial charge in [0.1, 0.15) is 30.3 Å². The molecule has 5 rings (SSSR count). The maximum atomic E-state index is 13.9. The number of phosphoric acid groups is 1. The summed E-state index contributed by atoms with van der Waals surface area (Å²) in [4.78, 5) is 41.3. The standard InChI is InChI=1S/C27H30F2N7O7P/c1-41-18-12-21-25(22(13-18)42-9-8-36-7-3-4-17(36)14-43-44(38,39)40)27(31-15-30-21)33-23-10-16(34-35-23)11-24(37)32-20-6-2-5-19(28)26(20)29/h2,5-6,10,12-13,15,17H,3-4,7-9,11,14H2,1H3,(H,32,37)(H2,38,39,40)(H2,30,31,33,34,35)/t17-/m0/s1. The molecule has 1 amide bonds. The number of methoxy groups -OCH3 is 1. The highest BCUT2D eigenvalue weighted by Crippen LogP contribution is 2.37. The van der Waals surface area contributed by atoms with Gasteiger partial charge in [-0.2, -0.15) is 5.10 Å². The van der Waals surface area contributed by atoms with Crippen molar-refractivity contribution in [2.45, 2.75) is 25.3 Å². The molecule has 44 heavy (non-hydrogen) atoms. The van der Waals surface area contributed by atoms with Crippen molar-refractivity contribution in [2.75, 3.05) is 44.0 Å². The number of benzene rings is 2. The summed E-state index contributed by atoms with van der Waals surface area (Å²) >= 11 is 0. The van der Waals surface area contributed by atoms with Crippen LogP contribution >= 0.6 is 7.82 Å². The van der Waals surface area contributed by atoms with Crippen LogP contribution in [0.1, 0.15) is 18.5 Å². The van der Waals surface area contributed by atoms with Gasteiger partial charge in [-0.1, -0.05) is 6.07 Å². The molecule has 1 fully saturated rings. The van der Waals surface area contributed by atoms with Crippen LogP contribution in [-0.4, -0.2) is 80.2 Å². The number of ether oxygens (including phenoxy) is 2. The molecule has 3 heterocycles. The molecule has 2 aromatic heterocycles. The number of amides is 1. The molecule has 17 heteroatoms. The predicted molar refractivity (Wildman–Crippen MR) is 155 cm³/mol. The lowest BCUT2D eigenvalue weighted by Crippen LogP contribution is -2.36. The zero-order valence-corrected chi connectivity index (χ0v) is 24.4. The van der Waals surface area contributed by atoms with Crippen LogP contribution in [-0.2, 0) is 20.3 Å². The number of halogens is 2. The fourth-order valence-corrected chi connectivity index (χ4v) is 5.26. The Kier molecular flexibility index (Phi) is 9.66. The largest absolute Gasteiger partial charge is 0.497 e. The molecular formula is C27H30F2N7O7P. The van der Waals surface area contributed by atoms with Gasteiger partial charge in [0.05, 0.1) is 36.7 Å². The van der Waals surface area contributed by atoms with Gasteiger partial charge in [-0.3, -0.25) is 19.3 Å². The Bertz CT molecular complexity index is 1690. The van der Waals surface area contributed by atoms with E-state index in [0.717, 1.165) is 25.5 Å². The van der Waals surface area contributed by atoms with Gasteiger partial charge >= 0.3 is 7.82 Å². The Morgan fingerprint density at radius 1 is 1.23 bits per heavy atom. The molecule has 0 spiro atoms. The average molecular weight is 634 g/mol. The minimum absolute atomic E-state index is 0.0801. The molecule has 14 nitrogen and oxygen atoms in total. The molecule has 0 bridgehead atoms. The number of phosphoric ester groups is 1. The zero-order chi connectivity index (χ0) is 31.3. The average Bonchev–Trinajstić information content (AvgIpc) is 3.62. The minimum atomic E-state index is -4.56. The molecule has 1 aliphatic rings. The van der Waals surface area contributed by atoms with E-state index in [1.54, 1.807) is 18.2 Å². The molecular weight excluding hydrogens is 603 g/mol. The lowest BCUT2D eigenvalue weighted by molar-refractivity contribution is -0.115. The SMILES string of the molecule is COc1cc(OCCN2CCC[C@H]2COP(=O)(O)O)c2c(Nc3cc(CC(=O)Nc4cccc(F)c4F)[nH]n3)ncnc2c1. The quantitative estimate of drug-likeness (QED) is 0.135. The second-order valence-corrected chi connectivity index (χ2v) is 11.2. The number of anilines is 3. The number of nitrogens with zero attached hydrogens (tertiary/aromatic N) is 4. The Hall–Kier alpha value is -4.21. The summed E-state index contributed by atoms with van der Waals surface area (Å²) in [6.07, 6.45) is 2.79. The van der Waals surface area contributed by atoms with Crippen molar-refractivity contribution in [3.8, 4) is 11.5 Å². The number of rotatable bonds is 13. The number of nitrogens with one attached hydrogen (secondary N) is 3. The normalized spacial score (nSPS) is 15.4. The monoisotopic (exact) mass is 633 g/mol. The van der Waals surface area contributed by atoms with Gasteiger partial charge in [0.25, 0.3) is 0 Å². The van der Waals surface area contributed by atoms with E-state index in [9.17, 15) is 18.1 Å². The van der Waals surface area contributed by atoms with E-state index in [0.29, 0.717) is 46.3 Å². The number of H-pyrrole nitrogens is 1.